The molecule has 1 N–H and O–H groups in total. The minimum Gasteiger partial charge on any atom is -0.381 e. The highest BCUT2D eigenvalue weighted by Crippen LogP contribution is 2.15. The van der Waals surface area contributed by atoms with Gasteiger partial charge >= 0.3 is 0 Å². The number of aryl methyl sites for hydroxylation is 2. The molecule has 2 aromatic heterocycles. The summed E-state index contributed by atoms with van der Waals surface area (Å²) in [6.45, 7) is 5.38. The number of fused-ring (bicyclic) bond motifs is 2. The molecule has 0 saturated heterocycles. The highest BCUT2D eigenvalue weighted by atomic mass is 16.3. The molecule has 26 heavy (non-hydrogen) atoms. The third-order valence-corrected chi connectivity index (χ3v) is 5.10. The molecule has 0 aliphatic carbocycles. The molecule has 3 nitrogen and oxygen atoms in total. The van der Waals surface area contributed by atoms with Crippen molar-refractivity contribution in [2.45, 2.75) is 33.0 Å². The van der Waals surface area contributed by atoms with Crippen LogP contribution in [0.25, 0.3) is 21.8 Å². The molecule has 0 bridgehead atoms. The summed E-state index contributed by atoms with van der Waals surface area (Å²) in [5.74, 6) is 0. The molecule has 0 spiro atoms. The molecule has 4 rings (SSSR count). The number of aromatic nitrogens is 2. The van der Waals surface area contributed by atoms with Crippen molar-refractivity contribution in [1.29, 1.82) is 0 Å². The lowest BCUT2D eigenvalue weighted by atomic mass is 10.1. The van der Waals surface area contributed by atoms with E-state index in [0.29, 0.717) is 13.1 Å². The van der Waals surface area contributed by atoms with Crippen molar-refractivity contribution >= 4 is 21.8 Å². The zero-order valence-electron chi connectivity index (χ0n) is 15.3. The molecular formula is C23H24N2O+2. The molecule has 3 heteroatoms. The molecule has 2 heterocycles. The van der Waals surface area contributed by atoms with Crippen LogP contribution in [0.2, 0.25) is 0 Å². The predicted octanol–water partition coefficient (Wildman–Crippen LogP) is 3.25. The Labute approximate surface area is 153 Å². The van der Waals surface area contributed by atoms with Gasteiger partial charge in [-0.05, 0) is 37.1 Å². The zero-order chi connectivity index (χ0) is 18.1. The van der Waals surface area contributed by atoms with Gasteiger partial charge in [0.05, 0.1) is 0 Å². The number of nitrogens with zero attached hydrogens (tertiary/aromatic N) is 2. The third kappa shape index (κ3) is 3.06. The smallest absolute Gasteiger partial charge is 0.212 e. The number of rotatable bonds is 4. The second-order valence-corrected chi connectivity index (χ2v) is 6.99. The van der Waals surface area contributed by atoms with Crippen LogP contribution in [0.1, 0.15) is 11.1 Å². The van der Waals surface area contributed by atoms with Crippen molar-refractivity contribution in [3.05, 3.63) is 84.2 Å². The van der Waals surface area contributed by atoms with Crippen LogP contribution >= 0.6 is 0 Å². The van der Waals surface area contributed by atoms with E-state index in [0.717, 1.165) is 11.0 Å². The normalized spacial score (nSPS) is 11.5. The van der Waals surface area contributed by atoms with Crippen LogP contribution in [0.3, 0.4) is 0 Å². The molecule has 0 saturated carbocycles. The van der Waals surface area contributed by atoms with Gasteiger partial charge in [0.1, 0.15) is 0 Å². The molecule has 4 aromatic rings. The molecule has 0 radical (unpaired) electrons. The largest absolute Gasteiger partial charge is 0.381 e. The Morgan fingerprint density at radius 1 is 0.692 bits per heavy atom. The van der Waals surface area contributed by atoms with Crippen molar-refractivity contribution in [2.75, 3.05) is 0 Å². The summed E-state index contributed by atoms with van der Waals surface area (Å²) in [5, 5.41) is 13.2. The summed E-state index contributed by atoms with van der Waals surface area (Å²) in [6.07, 6.45) is 3.67. The lowest BCUT2D eigenvalue weighted by Gasteiger charge is -2.09. The Morgan fingerprint density at radius 2 is 1.12 bits per heavy atom. The van der Waals surface area contributed by atoms with Gasteiger partial charge in [0, 0.05) is 35.0 Å². The monoisotopic (exact) mass is 344 g/mol. The van der Waals surface area contributed by atoms with Crippen LogP contribution in [0, 0.1) is 13.8 Å². The van der Waals surface area contributed by atoms with Crippen LogP contribution < -0.4 is 9.13 Å². The summed E-state index contributed by atoms with van der Waals surface area (Å²) < 4.78 is 4.29. The second kappa shape index (κ2) is 6.85. The van der Waals surface area contributed by atoms with E-state index < -0.39 is 6.10 Å². The SMILES string of the molecule is Cc1cc[n+](CC(O)C[n+]2ccc(C)c3ccccc32)c2ccccc12. The summed E-state index contributed by atoms with van der Waals surface area (Å²) in [4.78, 5) is 0. The van der Waals surface area contributed by atoms with E-state index in [1.807, 2.05) is 12.1 Å². The van der Waals surface area contributed by atoms with Gasteiger partial charge in [-0.1, -0.05) is 24.3 Å². The Kier molecular flexibility index (Phi) is 4.39. The second-order valence-electron chi connectivity index (χ2n) is 6.99. The van der Waals surface area contributed by atoms with Crippen molar-refractivity contribution in [3.8, 4) is 0 Å². The number of hydrogen-bond acceptors (Lipinski definition) is 1. The van der Waals surface area contributed by atoms with Crippen LogP contribution in [-0.2, 0) is 13.1 Å². The summed E-state index contributed by atoms with van der Waals surface area (Å²) in [5.41, 5.74) is 4.83. The molecule has 0 amide bonds. The predicted molar refractivity (Wildman–Crippen MR) is 104 cm³/mol. The number of pyridine rings is 2. The van der Waals surface area contributed by atoms with E-state index in [2.05, 4.69) is 83.9 Å². The molecule has 0 unspecified atom stereocenters. The molecular weight excluding hydrogens is 320 g/mol. The maximum Gasteiger partial charge on any atom is 0.212 e. The van der Waals surface area contributed by atoms with E-state index in [-0.39, 0.29) is 0 Å². The standard InChI is InChI=1S/C23H24N2O/c1-17-11-13-24(22-9-5-3-7-20(17)22)15-19(26)16-25-14-12-18(2)21-8-4-6-10-23(21)25/h3-14,19,26H,15-16H2,1-2H3/q+2. The number of aliphatic hydroxyl groups is 1. The van der Waals surface area contributed by atoms with Crippen LogP contribution in [-0.4, -0.2) is 11.2 Å². The average Bonchev–Trinajstić information content (AvgIpc) is 2.67. The quantitative estimate of drug-likeness (QED) is 0.566. The van der Waals surface area contributed by atoms with Gasteiger partial charge in [0.15, 0.2) is 31.6 Å². The van der Waals surface area contributed by atoms with Crippen LogP contribution in [0.4, 0.5) is 0 Å². The molecule has 0 fully saturated rings. The summed E-state index contributed by atoms with van der Waals surface area (Å²) >= 11 is 0. The van der Waals surface area contributed by atoms with E-state index >= 15 is 0 Å². The fourth-order valence-electron chi connectivity index (χ4n) is 3.69. The summed E-state index contributed by atoms with van der Waals surface area (Å²) in [6, 6.07) is 20.9. The van der Waals surface area contributed by atoms with Gasteiger partial charge in [-0.3, -0.25) is 0 Å². The Bertz CT molecular complexity index is 1000. The van der Waals surface area contributed by atoms with E-state index in [9.17, 15) is 5.11 Å². The number of hydrogen-bond donors (Lipinski definition) is 1. The molecule has 0 atom stereocenters. The van der Waals surface area contributed by atoms with Gasteiger partial charge in [-0.25, -0.2) is 0 Å². The van der Waals surface area contributed by atoms with Gasteiger partial charge < -0.3 is 5.11 Å². The average molecular weight is 344 g/mol. The van der Waals surface area contributed by atoms with Crippen molar-refractivity contribution in [3.63, 3.8) is 0 Å². The van der Waals surface area contributed by atoms with Crippen LogP contribution in [0.5, 0.6) is 0 Å². The van der Waals surface area contributed by atoms with Crippen molar-refractivity contribution < 1.29 is 14.2 Å². The van der Waals surface area contributed by atoms with Crippen molar-refractivity contribution in [2.24, 2.45) is 0 Å². The molecule has 0 aliphatic heterocycles. The molecule has 130 valence electrons. The number of aliphatic hydroxyl groups excluding tert-OH is 1. The van der Waals surface area contributed by atoms with E-state index in [4.69, 9.17) is 0 Å². The third-order valence-electron chi connectivity index (χ3n) is 5.10. The first-order valence-corrected chi connectivity index (χ1v) is 9.07. The van der Waals surface area contributed by atoms with Gasteiger partial charge in [0.25, 0.3) is 0 Å². The maximum absolute atomic E-state index is 10.8. The fraction of sp³-hybridized carbons (Fsp3) is 0.217. The van der Waals surface area contributed by atoms with E-state index in [1.54, 1.807) is 0 Å². The first-order valence-electron chi connectivity index (χ1n) is 9.07. The van der Waals surface area contributed by atoms with E-state index in [1.165, 1.54) is 21.9 Å². The van der Waals surface area contributed by atoms with Gasteiger partial charge in [0.2, 0.25) is 11.0 Å². The minimum absolute atomic E-state index is 0.470. The maximum atomic E-state index is 10.8. The van der Waals surface area contributed by atoms with Crippen molar-refractivity contribution in [1.82, 2.24) is 0 Å². The highest BCUT2D eigenvalue weighted by molar-refractivity contribution is 5.79. The van der Waals surface area contributed by atoms with Crippen LogP contribution in [0.15, 0.2) is 73.1 Å². The Hall–Kier alpha value is -2.78. The first-order chi connectivity index (χ1) is 12.6. The number of benzene rings is 2. The lowest BCUT2D eigenvalue weighted by Crippen LogP contribution is -2.48. The zero-order valence-corrected chi connectivity index (χ0v) is 15.3. The van der Waals surface area contributed by atoms with Gasteiger partial charge in [-0.2, -0.15) is 9.13 Å². The fourth-order valence-corrected chi connectivity index (χ4v) is 3.69. The molecule has 2 aromatic carbocycles. The Morgan fingerprint density at radius 3 is 1.58 bits per heavy atom. The molecule has 0 aliphatic rings. The topological polar surface area (TPSA) is 28.0 Å². The summed E-state index contributed by atoms with van der Waals surface area (Å²) in [7, 11) is 0. The number of para-hydroxylation sites is 2. The first kappa shape index (κ1) is 16.7. The lowest BCUT2D eigenvalue weighted by molar-refractivity contribution is -0.714. The Balaban J connectivity index is 1.64. The minimum atomic E-state index is -0.470. The van der Waals surface area contributed by atoms with Gasteiger partial charge in [-0.15, -0.1) is 0 Å². The highest BCUT2D eigenvalue weighted by Gasteiger charge is 2.21.